The number of nitrogens with two attached hydrogens (primary N) is 1. The largest absolute Gasteiger partial charge is 0.492 e. The Hall–Kier alpha value is -2.76. The number of nitrogens with zero attached hydrogens (tertiary/aromatic N) is 1. The molecule has 0 aliphatic rings. The van der Waals surface area contributed by atoms with E-state index < -0.39 is 6.10 Å². The van der Waals surface area contributed by atoms with Crippen molar-refractivity contribution < 1.29 is 14.6 Å². The predicted octanol–water partition coefficient (Wildman–Crippen LogP) is 6.51. The van der Waals surface area contributed by atoms with Gasteiger partial charge in [-0.15, -0.1) is 0 Å². The van der Waals surface area contributed by atoms with E-state index in [-0.39, 0.29) is 0 Å². The van der Waals surface area contributed by atoms with Crippen LogP contribution in [-0.4, -0.2) is 57.0 Å². The van der Waals surface area contributed by atoms with Crippen molar-refractivity contribution in [3.8, 4) is 17.6 Å². The Morgan fingerprint density at radius 1 is 0.929 bits per heavy atom. The molecular formula is C34H43Cl2N3O3. The van der Waals surface area contributed by atoms with Crippen molar-refractivity contribution in [2.24, 2.45) is 0 Å². The minimum Gasteiger partial charge on any atom is -0.492 e. The van der Waals surface area contributed by atoms with Gasteiger partial charge >= 0.3 is 0 Å². The van der Waals surface area contributed by atoms with Gasteiger partial charge in [-0.1, -0.05) is 72.1 Å². The summed E-state index contributed by atoms with van der Waals surface area (Å²) in [5.41, 5.74) is 10.3. The zero-order valence-corrected chi connectivity index (χ0v) is 26.2. The minimum atomic E-state index is -0.731. The Kier molecular flexibility index (Phi) is 15.0. The van der Waals surface area contributed by atoms with Gasteiger partial charge in [-0.3, -0.25) is 0 Å². The lowest BCUT2D eigenvalue weighted by Gasteiger charge is -2.15. The first kappa shape index (κ1) is 33.7. The molecule has 0 aliphatic carbocycles. The van der Waals surface area contributed by atoms with Crippen molar-refractivity contribution in [2.75, 3.05) is 52.7 Å². The Morgan fingerprint density at radius 3 is 2.33 bits per heavy atom. The van der Waals surface area contributed by atoms with Crippen molar-refractivity contribution >= 4 is 28.9 Å². The molecule has 4 N–H and O–H groups in total. The number of rotatable bonds is 17. The molecule has 0 amide bonds. The number of unbranched alkanes of at least 4 members (excludes halogenated alkanes) is 3. The lowest BCUT2D eigenvalue weighted by molar-refractivity contribution is 0.162. The Bertz CT molecular complexity index is 1270. The quantitative estimate of drug-likeness (QED) is 0.0917. The molecule has 0 saturated heterocycles. The fourth-order valence-corrected chi connectivity index (χ4v) is 4.85. The van der Waals surface area contributed by atoms with E-state index in [9.17, 15) is 5.11 Å². The topological polar surface area (TPSA) is 80.0 Å². The van der Waals surface area contributed by atoms with E-state index in [1.165, 1.54) is 11.1 Å². The number of aliphatic hydroxyl groups excluding tert-OH is 1. The summed E-state index contributed by atoms with van der Waals surface area (Å²) in [5.74, 6) is 7.10. The molecule has 0 aromatic heterocycles. The summed E-state index contributed by atoms with van der Waals surface area (Å²) >= 11 is 12.2. The number of anilines is 1. The van der Waals surface area contributed by atoms with E-state index in [1.807, 2.05) is 44.4 Å². The van der Waals surface area contributed by atoms with Crippen LogP contribution in [-0.2, 0) is 17.7 Å². The SMILES string of the molecule is CN(C)CCOc1ccc(C#CCOCCCCCCc2ccccc2CNCC(O)c2cc(Cl)c(N)c(Cl)c2)cc1. The second kappa shape index (κ2) is 18.7. The highest BCUT2D eigenvalue weighted by molar-refractivity contribution is 6.38. The number of aliphatic hydroxyl groups is 1. The monoisotopic (exact) mass is 611 g/mol. The third kappa shape index (κ3) is 12.2. The number of ether oxygens (including phenoxy) is 2. The molecular weight excluding hydrogens is 569 g/mol. The van der Waals surface area contributed by atoms with Crippen molar-refractivity contribution in [1.29, 1.82) is 0 Å². The maximum Gasteiger partial charge on any atom is 0.119 e. The van der Waals surface area contributed by atoms with E-state index in [2.05, 4.69) is 40.3 Å². The summed E-state index contributed by atoms with van der Waals surface area (Å²) in [5, 5.41) is 14.6. The van der Waals surface area contributed by atoms with Gasteiger partial charge in [0.1, 0.15) is 19.0 Å². The summed E-state index contributed by atoms with van der Waals surface area (Å²) in [4.78, 5) is 2.09. The van der Waals surface area contributed by atoms with Crippen LogP contribution in [0.25, 0.3) is 0 Å². The van der Waals surface area contributed by atoms with Gasteiger partial charge in [-0.2, -0.15) is 0 Å². The molecule has 3 aromatic rings. The van der Waals surface area contributed by atoms with Crippen LogP contribution in [0.4, 0.5) is 5.69 Å². The van der Waals surface area contributed by atoms with Crippen LogP contribution in [0.1, 0.15) is 54.0 Å². The first-order chi connectivity index (χ1) is 20.3. The molecule has 0 spiro atoms. The lowest BCUT2D eigenvalue weighted by Crippen LogP contribution is -2.21. The third-order valence-electron chi connectivity index (χ3n) is 6.81. The van der Waals surface area contributed by atoms with Crippen LogP contribution in [0.5, 0.6) is 5.75 Å². The second-order valence-corrected chi connectivity index (χ2v) is 11.3. The Morgan fingerprint density at radius 2 is 1.62 bits per heavy atom. The number of nitrogens with one attached hydrogen (secondary N) is 1. The van der Waals surface area contributed by atoms with Gasteiger partial charge in [0.05, 0.1) is 21.8 Å². The summed E-state index contributed by atoms with van der Waals surface area (Å²) in [6.45, 7) is 3.77. The van der Waals surface area contributed by atoms with Gasteiger partial charge in [0.15, 0.2) is 0 Å². The lowest BCUT2D eigenvalue weighted by atomic mass is 10.0. The van der Waals surface area contributed by atoms with Crippen LogP contribution in [0.2, 0.25) is 10.0 Å². The summed E-state index contributed by atoms with van der Waals surface area (Å²) in [7, 11) is 4.06. The molecule has 1 unspecified atom stereocenters. The van der Waals surface area contributed by atoms with Gasteiger partial charge in [0.2, 0.25) is 0 Å². The molecule has 6 nitrogen and oxygen atoms in total. The van der Waals surface area contributed by atoms with Crippen molar-refractivity contribution in [1.82, 2.24) is 10.2 Å². The number of aryl methyl sites for hydroxylation is 1. The smallest absolute Gasteiger partial charge is 0.119 e. The summed E-state index contributed by atoms with van der Waals surface area (Å²) < 4.78 is 11.4. The average Bonchev–Trinajstić information content (AvgIpc) is 2.97. The van der Waals surface area contributed by atoms with Crippen LogP contribution < -0.4 is 15.8 Å². The fraction of sp³-hybridized carbons (Fsp3) is 0.412. The maximum absolute atomic E-state index is 10.6. The number of hydrogen-bond acceptors (Lipinski definition) is 6. The van der Waals surface area contributed by atoms with Gasteiger partial charge in [0, 0.05) is 31.8 Å². The fourth-order valence-electron chi connectivity index (χ4n) is 4.35. The van der Waals surface area contributed by atoms with E-state index >= 15 is 0 Å². The number of likely N-dealkylation sites (N-methyl/N-ethyl adjacent to an activating group) is 1. The van der Waals surface area contributed by atoms with Crippen LogP contribution in [0, 0.1) is 11.8 Å². The van der Waals surface area contributed by atoms with Crippen molar-refractivity contribution in [2.45, 2.75) is 44.8 Å². The van der Waals surface area contributed by atoms with E-state index in [0.717, 1.165) is 56.6 Å². The van der Waals surface area contributed by atoms with Crippen molar-refractivity contribution in [3.05, 3.63) is 93.0 Å². The highest BCUT2D eigenvalue weighted by Crippen LogP contribution is 2.31. The molecule has 0 aliphatic heterocycles. The van der Waals surface area contributed by atoms with Crippen LogP contribution in [0.15, 0.2) is 60.7 Å². The zero-order valence-electron chi connectivity index (χ0n) is 24.7. The zero-order chi connectivity index (χ0) is 30.2. The molecule has 0 saturated carbocycles. The molecule has 226 valence electrons. The molecule has 3 aromatic carbocycles. The summed E-state index contributed by atoms with van der Waals surface area (Å²) in [6.07, 6.45) is 4.72. The Balaban J connectivity index is 1.27. The van der Waals surface area contributed by atoms with E-state index in [1.54, 1.807) is 12.1 Å². The van der Waals surface area contributed by atoms with Crippen LogP contribution >= 0.6 is 23.2 Å². The number of hydrogen-bond donors (Lipinski definition) is 3. The van der Waals surface area contributed by atoms with E-state index in [0.29, 0.717) is 47.6 Å². The standard InChI is InChI=1S/C34H43Cl2N3O3/c1-39(2)18-21-42-30-16-14-26(15-17-30)10-9-20-41-19-8-4-3-5-11-27-12-6-7-13-28(27)24-38-25-33(40)29-22-31(35)34(37)32(36)23-29/h6-7,12-17,22-23,33,38,40H,3-5,8,11,18-21,24-25,37H2,1-2H3. The van der Waals surface area contributed by atoms with Gasteiger partial charge in [-0.05, 0) is 86.4 Å². The molecule has 1 atom stereocenters. The first-order valence-electron chi connectivity index (χ1n) is 14.5. The molecule has 3 rings (SSSR count). The second-order valence-electron chi connectivity index (χ2n) is 10.5. The maximum atomic E-state index is 10.6. The molecule has 0 fully saturated rings. The van der Waals surface area contributed by atoms with Crippen molar-refractivity contribution in [3.63, 3.8) is 0 Å². The first-order valence-corrected chi connectivity index (χ1v) is 15.2. The van der Waals surface area contributed by atoms with Gasteiger partial charge in [0.25, 0.3) is 0 Å². The van der Waals surface area contributed by atoms with Crippen LogP contribution in [0.3, 0.4) is 0 Å². The number of benzene rings is 3. The minimum absolute atomic E-state index is 0.327. The molecule has 42 heavy (non-hydrogen) atoms. The molecule has 0 heterocycles. The molecule has 0 radical (unpaired) electrons. The van der Waals surface area contributed by atoms with E-state index in [4.69, 9.17) is 38.4 Å². The van der Waals surface area contributed by atoms with Gasteiger partial charge < -0.3 is 30.5 Å². The number of halogens is 2. The highest BCUT2D eigenvalue weighted by atomic mass is 35.5. The molecule has 0 bridgehead atoms. The normalized spacial score (nSPS) is 11.8. The third-order valence-corrected chi connectivity index (χ3v) is 7.44. The highest BCUT2D eigenvalue weighted by Gasteiger charge is 2.12. The average molecular weight is 613 g/mol. The van der Waals surface area contributed by atoms with Gasteiger partial charge in [-0.25, -0.2) is 0 Å². The molecule has 8 heteroatoms. The Labute approximate surface area is 261 Å². The summed E-state index contributed by atoms with van der Waals surface area (Å²) in [6, 6.07) is 19.6. The predicted molar refractivity (Wildman–Crippen MR) is 174 cm³/mol. The number of nitrogen functional groups attached to an aromatic ring is 1.